The van der Waals surface area contributed by atoms with Crippen LogP contribution < -0.4 is 5.32 Å². The fraction of sp³-hybridized carbons (Fsp3) is 0.500. The van der Waals surface area contributed by atoms with Gasteiger partial charge in [0.2, 0.25) is 0 Å². The summed E-state index contributed by atoms with van der Waals surface area (Å²) in [6, 6.07) is 7.61. The van der Waals surface area contributed by atoms with Crippen molar-refractivity contribution in [1.29, 1.82) is 0 Å². The normalized spacial score (nSPS) is 10.8. The summed E-state index contributed by atoms with van der Waals surface area (Å²) >= 11 is 6.02. The highest BCUT2D eigenvalue weighted by atomic mass is 35.5. The van der Waals surface area contributed by atoms with Crippen molar-refractivity contribution in [1.82, 2.24) is 0 Å². The average Bonchev–Trinajstić information content (AvgIpc) is 2.28. The van der Waals surface area contributed by atoms with Crippen LogP contribution in [0.5, 0.6) is 0 Å². The van der Waals surface area contributed by atoms with Crippen molar-refractivity contribution < 1.29 is 9.47 Å². The third-order valence-electron chi connectivity index (χ3n) is 2.04. The maximum Gasteiger partial charge on any atom is 0.174 e. The first kappa shape index (κ1) is 13.3. The molecule has 1 N–H and O–H groups in total. The minimum Gasteiger partial charge on any atom is -0.379 e. The van der Waals surface area contributed by atoms with Crippen molar-refractivity contribution in [3.8, 4) is 0 Å². The number of ether oxygens (including phenoxy) is 2. The predicted molar refractivity (Wildman–Crippen MR) is 67.0 cm³/mol. The second-order valence-corrected chi connectivity index (χ2v) is 3.61. The highest BCUT2D eigenvalue weighted by Crippen LogP contribution is 2.20. The fourth-order valence-electron chi connectivity index (χ4n) is 1.34. The molecule has 0 saturated carbocycles. The van der Waals surface area contributed by atoms with Gasteiger partial charge in [-0.2, -0.15) is 0 Å². The molecule has 0 saturated heterocycles. The van der Waals surface area contributed by atoms with E-state index < -0.39 is 0 Å². The van der Waals surface area contributed by atoms with Crippen LogP contribution in [0.2, 0.25) is 5.02 Å². The zero-order valence-electron chi connectivity index (χ0n) is 9.70. The summed E-state index contributed by atoms with van der Waals surface area (Å²) < 4.78 is 10.8. The third-order valence-corrected chi connectivity index (χ3v) is 2.37. The van der Waals surface area contributed by atoms with Crippen LogP contribution in [0.25, 0.3) is 0 Å². The van der Waals surface area contributed by atoms with Crippen molar-refractivity contribution in [2.45, 2.75) is 20.1 Å². The van der Waals surface area contributed by atoms with E-state index in [-0.39, 0.29) is 6.29 Å². The summed E-state index contributed by atoms with van der Waals surface area (Å²) in [6.45, 7) is 5.75. The molecule has 0 aliphatic rings. The molecule has 0 amide bonds. The summed E-state index contributed by atoms with van der Waals surface area (Å²) in [5, 5.41) is 3.90. The molecule has 0 aliphatic heterocycles. The highest BCUT2D eigenvalue weighted by molar-refractivity contribution is 6.33. The van der Waals surface area contributed by atoms with Gasteiger partial charge < -0.3 is 14.8 Å². The molecule has 0 bridgehead atoms. The molecule has 16 heavy (non-hydrogen) atoms. The second kappa shape index (κ2) is 7.49. The van der Waals surface area contributed by atoms with Crippen LogP contribution in [0, 0.1) is 0 Å². The quantitative estimate of drug-likeness (QED) is 0.747. The maximum atomic E-state index is 6.02. The van der Waals surface area contributed by atoms with Crippen molar-refractivity contribution in [2.75, 3.05) is 25.1 Å². The van der Waals surface area contributed by atoms with Gasteiger partial charge in [0.05, 0.1) is 17.3 Å². The topological polar surface area (TPSA) is 30.5 Å². The summed E-state index contributed by atoms with van der Waals surface area (Å²) in [5.41, 5.74) is 0.897. The molecule has 1 aromatic rings. The minimum atomic E-state index is -0.230. The first-order valence-corrected chi connectivity index (χ1v) is 5.87. The summed E-state index contributed by atoms with van der Waals surface area (Å²) in [5.74, 6) is 0. The number of hydrogen-bond acceptors (Lipinski definition) is 3. The molecule has 1 aromatic carbocycles. The van der Waals surface area contributed by atoms with Crippen LogP contribution in [-0.2, 0) is 9.47 Å². The Hall–Kier alpha value is -0.770. The molecule has 0 aliphatic carbocycles. The maximum absolute atomic E-state index is 6.02. The Morgan fingerprint density at radius 3 is 2.38 bits per heavy atom. The average molecular weight is 244 g/mol. The Kier molecular flexibility index (Phi) is 6.23. The standard InChI is InChI=1S/C12H18ClNO2/c1-3-15-12(16-4-2)9-14-11-8-6-5-7-10(11)13/h5-8,12,14H,3-4,9H2,1-2H3. The predicted octanol–water partition coefficient (Wildman–Crippen LogP) is 3.15. The molecule has 0 aromatic heterocycles. The number of halogens is 1. The van der Waals surface area contributed by atoms with Crippen molar-refractivity contribution in [3.05, 3.63) is 29.3 Å². The smallest absolute Gasteiger partial charge is 0.174 e. The fourth-order valence-corrected chi connectivity index (χ4v) is 1.54. The Morgan fingerprint density at radius 1 is 1.19 bits per heavy atom. The summed E-state index contributed by atoms with van der Waals surface area (Å²) in [6.07, 6.45) is -0.230. The van der Waals surface area contributed by atoms with Crippen LogP contribution >= 0.6 is 11.6 Å². The Morgan fingerprint density at radius 2 is 1.81 bits per heavy atom. The number of para-hydroxylation sites is 1. The van der Waals surface area contributed by atoms with Gasteiger partial charge in [-0.25, -0.2) is 0 Å². The zero-order chi connectivity index (χ0) is 11.8. The molecule has 4 heteroatoms. The summed E-state index contributed by atoms with van der Waals surface area (Å²) in [4.78, 5) is 0. The van der Waals surface area contributed by atoms with E-state index in [0.717, 1.165) is 5.69 Å². The van der Waals surface area contributed by atoms with E-state index in [1.165, 1.54) is 0 Å². The highest BCUT2D eigenvalue weighted by Gasteiger charge is 2.08. The van der Waals surface area contributed by atoms with Crippen LogP contribution in [0.1, 0.15) is 13.8 Å². The van der Waals surface area contributed by atoms with E-state index in [0.29, 0.717) is 24.8 Å². The van der Waals surface area contributed by atoms with E-state index >= 15 is 0 Å². The molecule has 1 rings (SSSR count). The van der Waals surface area contributed by atoms with E-state index in [4.69, 9.17) is 21.1 Å². The second-order valence-electron chi connectivity index (χ2n) is 3.20. The Balaban J connectivity index is 2.45. The zero-order valence-corrected chi connectivity index (χ0v) is 10.5. The van der Waals surface area contributed by atoms with Crippen LogP contribution in [0.3, 0.4) is 0 Å². The lowest BCUT2D eigenvalue weighted by Crippen LogP contribution is -2.26. The first-order valence-electron chi connectivity index (χ1n) is 5.49. The van der Waals surface area contributed by atoms with Crippen LogP contribution in [0.15, 0.2) is 24.3 Å². The number of nitrogens with one attached hydrogen (secondary N) is 1. The molecule has 0 unspecified atom stereocenters. The van der Waals surface area contributed by atoms with Crippen LogP contribution in [-0.4, -0.2) is 26.0 Å². The van der Waals surface area contributed by atoms with E-state index in [1.54, 1.807) is 0 Å². The number of anilines is 1. The number of benzene rings is 1. The largest absolute Gasteiger partial charge is 0.379 e. The molecular formula is C12H18ClNO2. The molecule has 90 valence electrons. The molecule has 0 radical (unpaired) electrons. The van der Waals surface area contributed by atoms with E-state index in [9.17, 15) is 0 Å². The lowest BCUT2D eigenvalue weighted by Gasteiger charge is -2.18. The summed E-state index contributed by atoms with van der Waals surface area (Å²) in [7, 11) is 0. The van der Waals surface area contributed by atoms with Gasteiger partial charge in [0, 0.05) is 13.2 Å². The van der Waals surface area contributed by atoms with E-state index in [1.807, 2.05) is 38.1 Å². The number of hydrogen-bond donors (Lipinski definition) is 1. The van der Waals surface area contributed by atoms with Crippen LogP contribution in [0.4, 0.5) is 5.69 Å². The van der Waals surface area contributed by atoms with Gasteiger partial charge in [0.25, 0.3) is 0 Å². The molecule has 0 fully saturated rings. The minimum absolute atomic E-state index is 0.230. The van der Waals surface area contributed by atoms with Crippen molar-refractivity contribution >= 4 is 17.3 Å². The Bertz CT molecular complexity index is 301. The molecule has 0 heterocycles. The molecular weight excluding hydrogens is 226 g/mol. The molecule has 3 nitrogen and oxygen atoms in total. The van der Waals surface area contributed by atoms with Gasteiger partial charge in [-0.15, -0.1) is 0 Å². The lowest BCUT2D eigenvalue weighted by atomic mass is 10.3. The molecule has 0 spiro atoms. The van der Waals surface area contributed by atoms with Gasteiger partial charge in [-0.3, -0.25) is 0 Å². The third kappa shape index (κ3) is 4.39. The first-order chi connectivity index (χ1) is 7.77. The van der Waals surface area contributed by atoms with Gasteiger partial charge in [-0.1, -0.05) is 23.7 Å². The van der Waals surface area contributed by atoms with Gasteiger partial charge in [0.15, 0.2) is 6.29 Å². The van der Waals surface area contributed by atoms with Gasteiger partial charge in [0.1, 0.15) is 0 Å². The molecule has 0 atom stereocenters. The van der Waals surface area contributed by atoms with Gasteiger partial charge in [-0.05, 0) is 26.0 Å². The van der Waals surface area contributed by atoms with Crippen molar-refractivity contribution in [3.63, 3.8) is 0 Å². The van der Waals surface area contributed by atoms with Gasteiger partial charge >= 0.3 is 0 Å². The van der Waals surface area contributed by atoms with E-state index in [2.05, 4.69) is 5.32 Å². The number of rotatable bonds is 7. The Labute approximate surface area is 102 Å². The monoisotopic (exact) mass is 243 g/mol. The lowest BCUT2D eigenvalue weighted by molar-refractivity contribution is -0.126. The van der Waals surface area contributed by atoms with Crippen molar-refractivity contribution in [2.24, 2.45) is 0 Å². The SMILES string of the molecule is CCOC(CNc1ccccc1Cl)OCC.